The molecule has 0 unspecified atom stereocenters. The number of hydrogen-bond acceptors (Lipinski definition) is 1. The molecule has 0 saturated carbocycles. The summed E-state index contributed by atoms with van der Waals surface area (Å²) in [7, 11) is 0. The van der Waals surface area contributed by atoms with Crippen LogP contribution in [0, 0.1) is 0 Å². The van der Waals surface area contributed by atoms with E-state index in [1.807, 2.05) is 20.8 Å². The Bertz CT molecular complexity index is 190. The van der Waals surface area contributed by atoms with Crippen LogP contribution < -0.4 is 0 Å². The largest absolute Gasteiger partial charge is 0.466 e. The van der Waals surface area contributed by atoms with Gasteiger partial charge in [0.2, 0.25) is 0 Å². The van der Waals surface area contributed by atoms with Gasteiger partial charge in [0.15, 0.2) is 0 Å². The molecular formula is C9H16F3MnN2-. The fraction of sp³-hybridized carbons (Fsp3) is 0.889. The van der Waals surface area contributed by atoms with Gasteiger partial charge in [-0.1, -0.05) is 33.0 Å². The van der Waals surface area contributed by atoms with Crippen LogP contribution in [-0.4, -0.2) is 24.6 Å². The zero-order valence-corrected chi connectivity index (χ0v) is 10.3. The first-order chi connectivity index (χ1) is 6.35. The van der Waals surface area contributed by atoms with E-state index < -0.39 is 12.7 Å². The number of alkyl halides is 3. The van der Waals surface area contributed by atoms with Crippen molar-refractivity contribution in [2.75, 3.05) is 6.54 Å². The van der Waals surface area contributed by atoms with Gasteiger partial charge in [-0.25, -0.2) is 0 Å². The maximum atomic E-state index is 11.8. The molecule has 0 fully saturated rings. The van der Waals surface area contributed by atoms with Crippen LogP contribution in [0.4, 0.5) is 13.2 Å². The maximum Gasteiger partial charge on any atom is 0.388 e. The smallest absolute Gasteiger partial charge is 0.388 e. The molecule has 0 saturated heterocycles. The van der Waals surface area contributed by atoms with Crippen LogP contribution in [-0.2, 0) is 17.1 Å². The minimum atomic E-state index is -4.23. The Morgan fingerprint density at radius 3 is 2.20 bits per heavy atom. The van der Waals surface area contributed by atoms with E-state index in [4.69, 9.17) is 0 Å². The first kappa shape index (κ1) is 17.2. The van der Waals surface area contributed by atoms with Crippen molar-refractivity contribution >= 4 is 5.84 Å². The molecule has 0 heterocycles. The molecule has 0 aromatic carbocycles. The molecular weight excluding hydrogens is 248 g/mol. The van der Waals surface area contributed by atoms with Crippen LogP contribution in [0.5, 0.6) is 0 Å². The number of halogens is 3. The molecule has 0 rings (SSSR count). The maximum absolute atomic E-state index is 11.8. The summed E-state index contributed by atoms with van der Waals surface area (Å²) in [5.41, 5.74) is 0. The molecule has 0 aromatic rings. The van der Waals surface area contributed by atoms with Gasteiger partial charge in [-0.15, -0.1) is 0 Å². The average Bonchev–Trinajstić information content (AvgIpc) is 1.98. The van der Waals surface area contributed by atoms with Gasteiger partial charge >= 0.3 is 6.18 Å². The van der Waals surface area contributed by atoms with Crippen molar-refractivity contribution in [1.82, 2.24) is 0 Å². The van der Waals surface area contributed by atoms with Crippen LogP contribution in [0.1, 0.15) is 33.6 Å². The predicted octanol–water partition coefficient (Wildman–Crippen LogP) is 3.53. The SMILES string of the molecule is CCCC(=NC(C)C)[N-]CC(F)(F)F.[Mn]. The van der Waals surface area contributed by atoms with Crippen molar-refractivity contribution in [2.45, 2.75) is 45.8 Å². The summed E-state index contributed by atoms with van der Waals surface area (Å²) < 4.78 is 35.5. The molecule has 2 nitrogen and oxygen atoms in total. The quantitative estimate of drug-likeness (QED) is 0.422. The third kappa shape index (κ3) is 11.7. The molecule has 0 atom stereocenters. The minimum absolute atomic E-state index is 0. The molecule has 0 aliphatic heterocycles. The number of hydrogen-bond donors (Lipinski definition) is 0. The van der Waals surface area contributed by atoms with E-state index in [1.165, 1.54) is 0 Å². The third-order valence-electron chi connectivity index (χ3n) is 1.32. The van der Waals surface area contributed by atoms with Gasteiger partial charge < -0.3 is 10.3 Å². The van der Waals surface area contributed by atoms with E-state index in [2.05, 4.69) is 10.3 Å². The zero-order valence-electron chi connectivity index (χ0n) is 9.10. The van der Waals surface area contributed by atoms with Crippen molar-refractivity contribution in [2.24, 2.45) is 4.99 Å². The average molecular weight is 264 g/mol. The first-order valence-electron chi connectivity index (χ1n) is 4.66. The number of rotatable bonds is 4. The van der Waals surface area contributed by atoms with Crippen LogP contribution in [0.3, 0.4) is 0 Å². The van der Waals surface area contributed by atoms with E-state index in [9.17, 15) is 13.2 Å². The van der Waals surface area contributed by atoms with Gasteiger partial charge in [0, 0.05) is 23.6 Å². The summed E-state index contributed by atoms with van der Waals surface area (Å²) in [5.74, 6) is 0.319. The van der Waals surface area contributed by atoms with Crippen LogP contribution in [0.25, 0.3) is 5.32 Å². The summed E-state index contributed by atoms with van der Waals surface area (Å²) in [6.07, 6.45) is -2.97. The summed E-state index contributed by atoms with van der Waals surface area (Å²) >= 11 is 0. The van der Waals surface area contributed by atoms with Gasteiger partial charge in [-0.3, -0.25) is 0 Å². The van der Waals surface area contributed by atoms with E-state index in [0.717, 1.165) is 6.42 Å². The summed E-state index contributed by atoms with van der Waals surface area (Å²) in [6, 6.07) is -0.00599. The number of amidine groups is 1. The molecule has 0 aliphatic rings. The Hall–Kier alpha value is -0.221. The topological polar surface area (TPSA) is 26.5 Å². The Morgan fingerprint density at radius 1 is 1.33 bits per heavy atom. The summed E-state index contributed by atoms with van der Waals surface area (Å²) in [5, 5.41) is 3.45. The standard InChI is InChI=1S/C9H16F3N2.Mn/c1-4-5-8(14-7(2)3)13-6-9(10,11)12;/h7H,4-6H2,1-3H3;/q-1;. The van der Waals surface area contributed by atoms with E-state index in [-0.39, 0.29) is 23.1 Å². The molecule has 0 spiro atoms. The van der Waals surface area contributed by atoms with Crippen molar-refractivity contribution in [3.05, 3.63) is 5.32 Å². The summed E-state index contributed by atoms with van der Waals surface area (Å²) in [4.78, 5) is 4.02. The van der Waals surface area contributed by atoms with Gasteiger partial charge in [-0.05, 0) is 12.5 Å². The van der Waals surface area contributed by atoms with Crippen LogP contribution >= 0.6 is 0 Å². The van der Waals surface area contributed by atoms with Crippen LogP contribution in [0.2, 0.25) is 0 Å². The van der Waals surface area contributed by atoms with Gasteiger partial charge in [0.25, 0.3) is 0 Å². The zero-order chi connectivity index (χ0) is 11.2. The normalized spacial score (nSPS) is 12.6. The Morgan fingerprint density at radius 2 is 1.87 bits per heavy atom. The molecule has 1 radical (unpaired) electrons. The van der Waals surface area contributed by atoms with Crippen molar-refractivity contribution < 1.29 is 30.2 Å². The Balaban J connectivity index is 0. The van der Waals surface area contributed by atoms with E-state index >= 15 is 0 Å². The van der Waals surface area contributed by atoms with Crippen molar-refractivity contribution in [3.8, 4) is 0 Å². The third-order valence-corrected chi connectivity index (χ3v) is 1.32. The second-order valence-electron chi connectivity index (χ2n) is 3.32. The molecule has 0 aromatic heterocycles. The first-order valence-corrected chi connectivity index (χ1v) is 4.66. The van der Waals surface area contributed by atoms with E-state index in [1.54, 1.807) is 0 Å². The van der Waals surface area contributed by atoms with Crippen LogP contribution in [0.15, 0.2) is 4.99 Å². The second-order valence-corrected chi connectivity index (χ2v) is 3.32. The van der Waals surface area contributed by atoms with Crippen molar-refractivity contribution in [1.29, 1.82) is 0 Å². The second kappa shape index (κ2) is 7.99. The summed E-state index contributed by atoms with van der Waals surface area (Å²) in [6.45, 7) is 4.40. The van der Waals surface area contributed by atoms with Gasteiger partial charge in [-0.2, -0.15) is 13.2 Å². The molecule has 6 heteroatoms. The van der Waals surface area contributed by atoms with Gasteiger partial charge in [0.1, 0.15) is 0 Å². The Kier molecular flexibility index (Phi) is 9.16. The fourth-order valence-corrected chi connectivity index (χ4v) is 0.887. The molecule has 0 aliphatic carbocycles. The predicted molar refractivity (Wildman–Crippen MR) is 51.8 cm³/mol. The number of nitrogens with zero attached hydrogens (tertiary/aromatic N) is 2. The molecule has 15 heavy (non-hydrogen) atoms. The molecule has 0 amide bonds. The van der Waals surface area contributed by atoms with Gasteiger partial charge in [0.05, 0.1) is 0 Å². The Labute approximate surface area is 99.2 Å². The molecule has 0 bridgehead atoms. The molecule has 91 valence electrons. The molecule has 0 N–H and O–H groups in total. The number of aliphatic imine (C=N–C) groups is 1. The van der Waals surface area contributed by atoms with E-state index in [0.29, 0.717) is 12.3 Å². The fourth-order valence-electron chi connectivity index (χ4n) is 0.887. The monoisotopic (exact) mass is 264 g/mol. The van der Waals surface area contributed by atoms with Crippen molar-refractivity contribution in [3.63, 3.8) is 0 Å². The minimum Gasteiger partial charge on any atom is -0.466 e.